The van der Waals surface area contributed by atoms with Gasteiger partial charge in [0.1, 0.15) is 0 Å². The zero-order valence-electron chi connectivity index (χ0n) is 11.1. The van der Waals surface area contributed by atoms with Crippen LogP contribution in [-0.4, -0.2) is 20.2 Å². The maximum Gasteiger partial charge on any atom is 0.213 e. The number of benzene rings is 2. The summed E-state index contributed by atoms with van der Waals surface area (Å²) in [7, 11) is -3.44. The molecule has 106 valence electrons. The standard InChI is InChI=1S/C15H18N2O2S/c16-20(18,19)12-8-9-15(17-10-12)14-7-3-5-11-4-1-2-6-13(11)14/h1-7,12,15,17H,8-10H2,(H2,16,18,19). The van der Waals surface area contributed by atoms with Gasteiger partial charge in [-0.05, 0) is 29.2 Å². The Morgan fingerprint density at radius 2 is 1.80 bits per heavy atom. The molecular weight excluding hydrogens is 272 g/mol. The summed E-state index contributed by atoms with van der Waals surface area (Å²) < 4.78 is 22.8. The monoisotopic (exact) mass is 290 g/mol. The zero-order valence-corrected chi connectivity index (χ0v) is 11.9. The molecule has 3 rings (SSSR count). The molecule has 1 heterocycles. The molecule has 4 nitrogen and oxygen atoms in total. The highest BCUT2D eigenvalue weighted by Gasteiger charge is 2.29. The van der Waals surface area contributed by atoms with E-state index in [1.165, 1.54) is 16.3 Å². The van der Waals surface area contributed by atoms with E-state index in [4.69, 9.17) is 5.14 Å². The summed E-state index contributed by atoms with van der Waals surface area (Å²) in [5.74, 6) is 0. The lowest BCUT2D eigenvalue weighted by Gasteiger charge is -2.29. The summed E-state index contributed by atoms with van der Waals surface area (Å²) >= 11 is 0. The van der Waals surface area contributed by atoms with E-state index in [2.05, 4.69) is 29.6 Å². The van der Waals surface area contributed by atoms with Gasteiger partial charge in [0.25, 0.3) is 0 Å². The number of nitrogens with two attached hydrogens (primary N) is 1. The van der Waals surface area contributed by atoms with Crippen LogP contribution in [0.5, 0.6) is 0 Å². The van der Waals surface area contributed by atoms with E-state index in [9.17, 15) is 8.42 Å². The number of hydrogen-bond donors (Lipinski definition) is 2. The van der Waals surface area contributed by atoms with Gasteiger partial charge in [-0.3, -0.25) is 0 Å². The Morgan fingerprint density at radius 1 is 1.05 bits per heavy atom. The molecule has 0 amide bonds. The molecule has 0 aromatic heterocycles. The third kappa shape index (κ3) is 2.57. The van der Waals surface area contributed by atoms with Crippen LogP contribution in [0.3, 0.4) is 0 Å². The third-order valence-electron chi connectivity index (χ3n) is 4.03. The van der Waals surface area contributed by atoms with E-state index in [1.807, 2.05) is 18.2 Å². The van der Waals surface area contributed by atoms with Gasteiger partial charge in [0, 0.05) is 12.6 Å². The van der Waals surface area contributed by atoms with Gasteiger partial charge in [-0.1, -0.05) is 42.5 Å². The molecule has 20 heavy (non-hydrogen) atoms. The first-order valence-corrected chi connectivity index (χ1v) is 8.39. The van der Waals surface area contributed by atoms with E-state index < -0.39 is 15.3 Å². The van der Waals surface area contributed by atoms with Crippen LogP contribution in [0.15, 0.2) is 42.5 Å². The largest absolute Gasteiger partial charge is 0.309 e. The fourth-order valence-electron chi connectivity index (χ4n) is 2.93. The molecule has 1 aliphatic rings. The molecule has 0 bridgehead atoms. The number of primary sulfonamides is 1. The molecule has 1 fully saturated rings. The van der Waals surface area contributed by atoms with Crippen LogP contribution in [0, 0.1) is 0 Å². The van der Waals surface area contributed by atoms with Crippen molar-refractivity contribution in [1.29, 1.82) is 0 Å². The number of nitrogens with one attached hydrogen (secondary N) is 1. The summed E-state index contributed by atoms with van der Waals surface area (Å²) in [6.07, 6.45) is 1.40. The first-order valence-electron chi connectivity index (χ1n) is 6.78. The maximum atomic E-state index is 11.4. The summed E-state index contributed by atoms with van der Waals surface area (Å²) in [4.78, 5) is 0. The quantitative estimate of drug-likeness (QED) is 0.887. The van der Waals surface area contributed by atoms with Gasteiger partial charge in [-0.15, -0.1) is 0 Å². The van der Waals surface area contributed by atoms with Crippen LogP contribution in [0.2, 0.25) is 0 Å². The predicted molar refractivity (Wildman–Crippen MR) is 80.8 cm³/mol. The molecule has 2 atom stereocenters. The molecular formula is C15H18N2O2S. The molecule has 2 unspecified atom stereocenters. The lowest BCUT2D eigenvalue weighted by Crippen LogP contribution is -2.43. The predicted octanol–water partition coefficient (Wildman–Crippen LogP) is 1.92. The molecule has 1 saturated heterocycles. The Balaban J connectivity index is 1.87. The second-order valence-electron chi connectivity index (χ2n) is 5.32. The normalized spacial score (nSPS) is 23.9. The van der Waals surface area contributed by atoms with Crippen molar-refractivity contribution < 1.29 is 8.42 Å². The second kappa shape index (κ2) is 5.16. The van der Waals surface area contributed by atoms with E-state index in [0.29, 0.717) is 13.0 Å². The molecule has 0 spiro atoms. The van der Waals surface area contributed by atoms with Crippen LogP contribution >= 0.6 is 0 Å². The molecule has 0 radical (unpaired) electrons. The van der Waals surface area contributed by atoms with E-state index in [1.54, 1.807) is 0 Å². The van der Waals surface area contributed by atoms with Gasteiger partial charge in [0.05, 0.1) is 5.25 Å². The smallest absolute Gasteiger partial charge is 0.213 e. The maximum absolute atomic E-state index is 11.4. The lowest BCUT2D eigenvalue weighted by atomic mass is 9.93. The van der Waals surface area contributed by atoms with Crippen molar-refractivity contribution in [1.82, 2.24) is 5.32 Å². The highest BCUT2D eigenvalue weighted by Crippen LogP contribution is 2.30. The Hall–Kier alpha value is -1.43. The molecule has 2 aromatic rings. The van der Waals surface area contributed by atoms with Gasteiger partial charge >= 0.3 is 0 Å². The van der Waals surface area contributed by atoms with E-state index in [0.717, 1.165) is 6.42 Å². The van der Waals surface area contributed by atoms with Crippen molar-refractivity contribution >= 4 is 20.8 Å². The zero-order chi connectivity index (χ0) is 14.2. The van der Waals surface area contributed by atoms with Crippen molar-refractivity contribution in [3.8, 4) is 0 Å². The van der Waals surface area contributed by atoms with Crippen molar-refractivity contribution in [2.45, 2.75) is 24.1 Å². The third-order valence-corrected chi connectivity index (χ3v) is 5.36. The SMILES string of the molecule is NS(=O)(=O)C1CCC(c2cccc3ccccc23)NC1. The topological polar surface area (TPSA) is 72.2 Å². The van der Waals surface area contributed by atoms with Gasteiger partial charge in [-0.25, -0.2) is 13.6 Å². The summed E-state index contributed by atoms with van der Waals surface area (Å²) in [5.41, 5.74) is 1.23. The number of sulfonamides is 1. The van der Waals surface area contributed by atoms with Crippen molar-refractivity contribution in [3.63, 3.8) is 0 Å². The van der Waals surface area contributed by atoms with E-state index >= 15 is 0 Å². The number of fused-ring (bicyclic) bond motifs is 1. The first-order chi connectivity index (χ1) is 9.55. The average molecular weight is 290 g/mol. The minimum absolute atomic E-state index is 0.194. The summed E-state index contributed by atoms with van der Waals surface area (Å²) in [6.45, 7) is 0.423. The van der Waals surface area contributed by atoms with Crippen molar-refractivity contribution in [2.24, 2.45) is 5.14 Å². The van der Waals surface area contributed by atoms with Crippen molar-refractivity contribution in [2.75, 3.05) is 6.54 Å². The summed E-state index contributed by atoms with van der Waals surface area (Å²) in [5, 5.41) is 10.5. The minimum Gasteiger partial charge on any atom is -0.309 e. The fraction of sp³-hybridized carbons (Fsp3) is 0.333. The number of piperidine rings is 1. The van der Waals surface area contributed by atoms with Crippen LogP contribution < -0.4 is 10.5 Å². The summed E-state index contributed by atoms with van der Waals surface area (Å²) in [6, 6.07) is 14.7. The van der Waals surface area contributed by atoms with Gasteiger partial charge in [-0.2, -0.15) is 0 Å². The Kier molecular flexibility index (Phi) is 3.50. The Bertz CT molecular complexity index is 714. The first kappa shape index (κ1) is 13.5. The molecule has 5 heteroatoms. The van der Waals surface area contributed by atoms with Gasteiger partial charge < -0.3 is 5.32 Å². The molecule has 0 aliphatic carbocycles. The molecule has 1 aliphatic heterocycles. The molecule has 3 N–H and O–H groups in total. The second-order valence-corrected chi connectivity index (χ2v) is 7.16. The average Bonchev–Trinajstić information content (AvgIpc) is 2.46. The van der Waals surface area contributed by atoms with Crippen LogP contribution in [0.4, 0.5) is 0 Å². The number of hydrogen-bond acceptors (Lipinski definition) is 3. The van der Waals surface area contributed by atoms with Gasteiger partial charge in [0.15, 0.2) is 0 Å². The lowest BCUT2D eigenvalue weighted by molar-refractivity contribution is 0.410. The highest BCUT2D eigenvalue weighted by atomic mass is 32.2. The van der Waals surface area contributed by atoms with Crippen molar-refractivity contribution in [3.05, 3.63) is 48.0 Å². The highest BCUT2D eigenvalue weighted by molar-refractivity contribution is 7.89. The minimum atomic E-state index is -3.44. The Morgan fingerprint density at radius 3 is 2.50 bits per heavy atom. The Labute approximate surface area is 119 Å². The molecule has 0 saturated carbocycles. The van der Waals surface area contributed by atoms with Crippen LogP contribution in [0.25, 0.3) is 10.8 Å². The number of rotatable bonds is 2. The fourth-order valence-corrected chi connectivity index (χ4v) is 3.72. The van der Waals surface area contributed by atoms with Crippen LogP contribution in [0.1, 0.15) is 24.4 Å². The van der Waals surface area contributed by atoms with Gasteiger partial charge in [0.2, 0.25) is 10.0 Å². The van der Waals surface area contributed by atoms with Crippen LogP contribution in [-0.2, 0) is 10.0 Å². The van der Waals surface area contributed by atoms with E-state index in [-0.39, 0.29) is 6.04 Å². The molecule has 2 aromatic carbocycles.